The molecule has 5 heteroatoms. The van der Waals surface area contributed by atoms with Gasteiger partial charge in [0, 0.05) is 13.6 Å². The zero-order chi connectivity index (χ0) is 11.7. The van der Waals surface area contributed by atoms with Crippen LogP contribution in [0.3, 0.4) is 0 Å². The highest BCUT2D eigenvalue weighted by molar-refractivity contribution is 5.85. The Morgan fingerprint density at radius 1 is 1.50 bits per heavy atom. The van der Waals surface area contributed by atoms with E-state index in [1.165, 1.54) is 7.11 Å². The number of likely N-dealkylation sites (N-methyl/N-ethyl adjacent to an activating group) is 1. The van der Waals surface area contributed by atoms with Gasteiger partial charge in [0.2, 0.25) is 5.91 Å². The molecule has 0 radical (unpaired) electrons. The van der Waals surface area contributed by atoms with Crippen molar-refractivity contribution in [1.82, 2.24) is 10.2 Å². The second-order valence-corrected chi connectivity index (χ2v) is 4.61. The van der Waals surface area contributed by atoms with Crippen LogP contribution in [0.4, 0.5) is 0 Å². The highest BCUT2D eigenvalue weighted by Gasteiger charge is 2.41. The smallest absolute Gasteiger partial charge is 0.323 e. The molecule has 5 nitrogen and oxygen atoms in total. The zero-order valence-corrected chi connectivity index (χ0v) is 9.73. The number of nitrogens with zero attached hydrogens (tertiary/aromatic N) is 1. The Bertz CT molecular complexity index is 302. The minimum absolute atomic E-state index is 0.0783. The first-order chi connectivity index (χ1) is 7.63. The van der Waals surface area contributed by atoms with Gasteiger partial charge in [-0.3, -0.25) is 14.9 Å². The number of hydrogen-bond donors (Lipinski definition) is 1. The Morgan fingerprint density at radius 2 is 2.19 bits per heavy atom. The maximum Gasteiger partial charge on any atom is 0.323 e. The normalized spacial score (nSPS) is 27.0. The van der Waals surface area contributed by atoms with E-state index in [9.17, 15) is 9.59 Å². The summed E-state index contributed by atoms with van der Waals surface area (Å²) in [5.41, 5.74) is 0. The maximum absolute atomic E-state index is 11.7. The molecule has 2 rings (SSSR count). The number of hydrogen-bond acceptors (Lipinski definition) is 4. The number of esters is 1. The van der Waals surface area contributed by atoms with Gasteiger partial charge in [-0.25, -0.2) is 0 Å². The maximum atomic E-state index is 11.7. The summed E-state index contributed by atoms with van der Waals surface area (Å²) in [5, 5.41) is 3.14. The van der Waals surface area contributed by atoms with Crippen LogP contribution in [-0.2, 0) is 14.3 Å². The van der Waals surface area contributed by atoms with Crippen molar-refractivity contribution < 1.29 is 14.3 Å². The van der Waals surface area contributed by atoms with Crippen LogP contribution in [0, 0.1) is 5.92 Å². The molecule has 90 valence electrons. The summed E-state index contributed by atoms with van der Waals surface area (Å²) in [6, 6.07) is -0.514. The fraction of sp³-hybridized carbons (Fsp3) is 0.818. The van der Waals surface area contributed by atoms with E-state index in [-0.39, 0.29) is 24.0 Å². The van der Waals surface area contributed by atoms with Gasteiger partial charge in [0.05, 0.1) is 13.2 Å². The third-order valence-corrected chi connectivity index (χ3v) is 3.36. The number of likely N-dealkylation sites (tertiary alicyclic amines) is 1. The first kappa shape index (κ1) is 11.4. The van der Waals surface area contributed by atoms with Crippen LogP contribution in [0.1, 0.15) is 19.3 Å². The molecule has 0 aromatic rings. The molecule has 1 N–H and O–H groups in total. The van der Waals surface area contributed by atoms with E-state index < -0.39 is 0 Å². The molecule has 0 unspecified atom stereocenters. The molecule has 2 atom stereocenters. The third kappa shape index (κ3) is 2.19. The highest BCUT2D eigenvalue weighted by Crippen LogP contribution is 2.33. The van der Waals surface area contributed by atoms with Crippen molar-refractivity contribution in [3.63, 3.8) is 0 Å². The number of rotatable bonds is 4. The van der Waals surface area contributed by atoms with Crippen LogP contribution in [0.15, 0.2) is 0 Å². The Morgan fingerprint density at radius 3 is 2.62 bits per heavy atom. The molecule has 1 aliphatic carbocycles. The molecule has 1 saturated heterocycles. The molecule has 2 aliphatic rings. The predicted molar refractivity (Wildman–Crippen MR) is 57.7 cm³/mol. The number of nitrogens with one attached hydrogen (secondary N) is 1. The van der Waals surface area contributed by atoms with E-state index in [4.69, 9.17) is 4.74 Å². The quantitative estimate of drug-likeness (QED) is 0.672. The summed E-state index contributed by atoms with van der Waals surface area (Å²) >= 11 is 0. The molecule has 0 spiro atoms. The Kier molecular flexibility index (Phi) is 3.14. The van der Waals surface area contributed by atoms with Crippen LogP contribution in [-0.4, -0.2) is 49.6 Å². The first-order valence-electron chi connectivity index (χ1n) is 5.72. The van der Waals surface area contributed by atoms with Gasteiger partial charge >= 0.3 is 5.97 Å². The SMILES string of the molecule is COC(=O)[C@H](N[C@@H]1CCN(C)C1=O)C1CC1. The Balaban J connectivity index is 1.95. The van der Waals surface area contributed by atoms with Gasteiger partial charge in [0.1, 0.15) is 6.04 Å². The van der Waals surface area contributed by atoms with Crippen molar-refractivity contribution in [2.75, 3.05) is 20.7 Å². The highest BCUT2D eigenvalue weighted by atomic mass is 16.5. The number of ether oxygens (including phenoxy) is 1. The van der Waals surface area contributed by atoms with Crippen molar-refractivity contribution in [2.45, 2.75) is 31.3 Å². The van der Waals surface area contributed by atoms with Gasteiger partial charge in [0.15, 0.2) is 0 Å². The monoisotopic (exact) mass is 226 g/mol. The van der Waals surface area contributed by atoms with Crippen LogP contribution in [0.5, 0.6) is 0 Å². The van der Waals surface area contributed by atoms with Crippen LogP contribution in [0.25, 0.3) is 0 Å². The van der Waals surface area contributed by atoms with E-state index in [0.717, 1.165) is 25.8 Å². The minimum Gasteiger partial charge on any atom is -0.468 e. The van der Waals surface area contributed by atoms with E-state index in [2.05, 4.69) is 5.32 Å². The largest absolute Gasteiger partial charge is 0.468 e. The summed E-state index contributed by atoms with van der Waals surface area (Å²) in [5.74, 6) is 0.186. The van der Waals surface area contributed by atoms with Gasteiger partial charge < -0.3 is 9.64 Å². The predicted octanol–water partition coefficient (Wildman–Crippen LogP) is -0.242. The summed E-state index contributed by atoms with van der Waals surface area (Å²) in [4.78, 5) is 25.0. The molecular formula is C11H18N2O3. The fourth-order valence-electron chi connectivity index (χ4n) is 2.15. The van der Waals surface area contributed by atoms with Gasteiger partial charge in [-0.15, -0.1) is 0 Å². The van der Waals surface area contributed by atoms with Crippen LogP contribution >= 0.6 is 0 Å². The topological polar surface area (TPSA) is 58.6 Å². The molecule has 0 aromatic carbocycles. The standard InChI is InChI=1S/C11H18N2O3/c1-13-6-5-8(10(13)14)12-9(7-3-4-7)11(15)16-2/h7-9,12H,3-6H2,1-2H3/t8-,9-/m1/s1. The molecule has 0 bridgehead atoms. The lowest BCUT2D eigenvalue weighted by Gasteiger charge is -2.19. The van der Waals surface area contributed by atoms with E-state index in [1.807, 2.05) is 0 Å². The minimum atomic E-state index is -0.301. The van der Waals surface area contributed by atoms with Crippen molar-refractivity contribution in [2.24, 2.45) is 5.92 Å². The first-order valence-corrected chi connectivity index (χ1v) is 5.72. The summed E-state index contributed by atoms with van der Waals surface area (Å²) in [6.07, 6.45) is 2.86. The van der Waals surface area contributed by atoms with Gasteiger partial charge in [0.25, 0.3) is 0 Å². The molecule has 0 aromatic heterocycles. The van der Waals surface area contributed by atoms with Gasteiger partial charge in [-0.05, 0) is 25.2 Å². The zero-order valence-electron chi connectivity index (χ0n) is 9.73. The molecule has 1 saturated carbocycles. The molecule has 1 aliphatic heterocycles. The second-order valence-electron chi connectivity index (χ2n) is 4.61. The number of methoxy groups -OCH3 is 1. The number of carbonyl (C=O) groups is 2. The van der Waals surface area contributed by atoms with Gasteiger partial charge in [-0.1, -0.05) is 0 Å². The fourth-order valence-corrected chi connectivity index (χ4v) is 2.15. The van der Waals surface area contributed by atoms with E-state index in [0.29, 0.717) is 5.92 Å². The van der Waals surface area contributed by atoms with E-state index >= 15 is 0 Å². The molecule has 2 fully saturated rings. The summed E-state index contributed by atoms with van der Waals surface area (Å²) in [7, 11) is 3.18. The van der Waals surface area contributed by atoms with Crippen molar-refractivity contribution in [1.29, 1.82) is 0 Å². The van der Waals surface area contributed by atoms with Crippen LogP contribution < -0.4 is 5.32 Å². The third-order valence-electron chi connectivity index (χ3n) is 3.36. The lowest BCUT2D eigenvalue weighted by molar-refractivity contribution is -0.144. The lowest BCUT2D eigenvalue weighted by Crippen LogP contribution is -2.48. The number of carbonyl (C=O) groups excluding carboxylic acids is 2. The molecule has 1 heterocycles. The summed E-state index contributed by atoms with van der Waals surface area (Å²) < 4.78 is 4.76. The average Bonchev–Trinajstić information content (AvgIpc) is 3.07. The molecule has 1 amide bonds. The van der Waals surface area contributed by atoms with Crippen molar-refractivity contribution in [3.8, 4) is 0 Å². The summed E-state index contributed by atoms with van der Waals surface area (Å²) in [6.45, 7) is 0.759. The second kappa shape index (κ2) is 4.41. The molecule has 16 heavy (non-hydrogen) atoms. The van der Waals surface area contributed by atoms with Crippen LogP contribution in [0.2, 0.25) is 0 Å². The lowest BCUT2D eigenvalue weighted by atomic mass is 10.1. The van der Waals surface area contributed by atoms with Gasteiger partial charge in [-0.2, -0.15) is 0 Å². The number of amides is 1. The van der Waals surface area contributed by atoms with E-state index in [1.54, 1.807) is 11.9 Å². The average molecular weight is 226 g/mol. The van der Waals surface area contributed by atoms with Crippen molar-refractivity contribution in [3.05, 3.63) is 0 Å². The van der Waals surface area contributed by atoms with Crippen molar-refractivity contribution >= 4 is 11.9 Å². The Hall–Kier alpha value is -1.10. The molecular weight excluding hydrogens is 208 g/mol. The Labute approximate surface area is 95.1 Å².